The number of piperidine rings is 1. The van der Waals surface area contributed by atoms with Crippen molar-refractivity contribution in [2.45, 2.75) is 24.7 Å². The second kappa shape index (κ2) is 5.18. The molecule has 1 amide bonds. The van der Waals surface area contributed by atoms with Gasteiger partial charge in [-0.3, -0.25) is 4.79 Å². The first-order chi connectivity index (χ1) is 9.98. The van der Waals surface area contributed by atoms with Gasteiger partial charge in [-0.05, 0) is 31.0 Å². The van der Waals surface area contributed by atoms with Crippen molar-refractivity contribution in [1.82, 2.24) is 4.90 Å². The van der Waals surface area contributed by atoms with Crippen LogP contribution in [-0.2, 0) is 10.6 Å². The van der Waals surface area contributed by atoms with Gasteiger partial charge < -0.3 is 29.7 Å². The van der Waals surface area contributed by atoms with Crippen LogP contribution < -0.4 is 9.47 Å². The molecular formula is C14H17NO6. The van der Waals surface area contributed by atoms with E-state index in [-0.39, 0.29) is 18.9 Å². The minimum absolute atomic E-state index is 0.0109. The summed E-state index contributed by atoms with van der Waals surface area (Å²) in [5.41, 5.74) is 0.0109. The van der Waals surface area contributed by atoms with Crippen molar-refractivity contribution >= 4 is 5.91 Å². The van der Waals surface area contributed by atoms with Gasteiger partial charge >= 0.3 is 0 Å². The molecule has 2 aliphatic heterocycles. The summed E-state index contributed by atoms with van der Waals surface area (Å²) in [5.74, 6) is -2.64. The Morgan fingerprint density at radius 2 is 2.05 bits per heavy atom. The van der Waals surface area contributed by atoms with Crippen molar-refractivity contribution in [2.24, 2.45) is 0 Å². The van der Waals surface area contributed by atoms with Crippen LogP contribution in [0.15, 0.2) is 18.2 Å². The van der Waals surface area contributed by atoms with Crippen molar-refractivity contribution in [1.29, 1.82) is 0 Å². The number of fused-ring (bicyclic) bond motifs is 1. The number of rotatable bonds is 2. The molecule has 3 rings (SSSR count). The van der Waals surface area contributed by atoms with Crippen LogP contribution in [0.4, 0.5) is 0 Å². The van der Waals surface area contributed by atoms with Crippen LogP contribution in [0, 0.1) is 0 Å². The highest BCUT2D eigenvalue weighted by atomic mass is 16.7. The molecule has 1 atom stereocenters. The summed E-state index contributed by atoms with van der Waals surface area (Å²) in [6.07, 6.45) is 0.608. The molecule has 1 unspecified atom stereocenters. The fraction of sp³-hybridized carbons (Fsp3) is 0.500. The quantitative estimate of drug-likeness (QED) is 0.638. The SMILES string of the molecule is O=C(N1CCCC(O)C1)C(O)(O)c1ccc2c(c1)OCO2. The zero-order valence-corrected chi connectivity index (χ0v) is 11.4. The summed E-state index contributed by atoms with van der Waals surface area (Å²) in [4.78, 5) is 13.6. The molecule has 0 aromatic heterocycles. The largest absolute Gasteiger partial charge is 0.454 e. The van der Waals surface area contributed by atoms with E-state index >= 15 is 0 Å². The van der Waals surface area contributed by atoms with E-state index in [1.807, 2.05) is 0 Å². The number of amides is 1. The third-order valence-electron chi connectivity index (χ3n) is 3.76. The van der Waals surface area contributed by atoms with Crippen LogP contribution in [-0.4, -0.2) is 52.1 Å². The van der Waals surface area contributed by atoms with Gasteiger partial charge in [-0.15, -0.1) is 0 Å². The average Bonchev–Trinajstić information content (AvgIpc) is 2.93. The minimum atomic E-state index is -2.65. The molecule has 2 aliphatic rings. The predicted octanol–water partition coefficient (Wildman–Crippen LogP) is -0.464. The van der Waals surface area contributed by atoms with Gasteiger partial charge in [0.1, 0.15) is 0 Å². The van der Waals surface area contributed by atoms with E-state index < -0.39 is 17.8 Å². The molecule has 1 aromatic rings. The number of ether oxygens (including phenoxy) is 2. The summed E-state index contributed by atoms with van der Waals surface area (Å²) in [6.45, 7) is 0.560. The van der Waals surface area contributed by atoms with Gasteiger partial charge in [-0.25, -0.2) is 0 Å². The standard InChI is InChI=1S/C14H17NO6/c16-10-2-1-5-15(7-10)13(17)14(18,19)9-3-4-11-12(6-9)21-8-20-11/h3-4,6,10,16,18-19H,1-2,5,7-8H2. The van der Waals surface area contributed by atoms with E-state index in [9.17, 15) is 20.1 Å². The Labute approximate surface area is 121 Å². The monoisotopic (exact) mass is 295 g/mol. The maximum absolute atomic E-state index is 12.3. The molecular weight excluding hydrogens is 278 g/mol. The Hall–Kier alpha value is -1.83. The maximum Gasteiger partial charge on any atom is 0.287 e. The van der Waals surface area contributed by atoms with Crippen LogP contribution in [0.1, 0.15) is 18.4 Å². The summed E-state index contributed by atoms with van der Waals surface area (Å²) >= 11 is 0. The first kappa shape index (κ1) is 14.1. The topological polar surface area (TPSA) is 99.5 Å². The van der Waals surface area contributed by atoms with E-state index in [2.05, 4.69) is 0 Å². The number of hydrogen-bond acceptors (Lipinski definition) is 6. The van der Waals surface area contributed by atoms with Gasteiger partial charge in [0.05, 0.1) is 6.10 Å². The molecule has 0 aliphatic carbocycles. The molecule has 1 aromatic carbocycles. The van der Waals surface area contributed by atoms with Crippen LogP contribution in [0.2, 0.25) is 0 Å². The molecule has 0 radical (unpaired) electrons. The Bertz CT molecular complexity index is 558. The predicted molar refractivity (Wildman–Crippen MR) is 70.5 cm³/mol. The van der Waals surface area contributed by atoms with E-state index in [0.29, 0.717) is 30.9 Å². The average molecular weight is 295 g/mol. The highest BCUT2D eigenvalue weighted by Crippen LogP contribution is 2.35. The number of carbonyl (C=O) groups is 1. The zero-order valence-electron chi connectivity index (χ0n) is 11.4. The Morgan fingerprint density at radius 1 is 1.29 bits per heavy atom. The smallest absolute Gasteiger partial charge is 0.287 e. The van der Waals surface area contributed by atoms with Crippen LogP contribution in [0.25, 0.3) is 0 Å². The molecule has 3 N–H and O–H groups in total. The van der Waals surface area contributed by atoms with Crippen LogP contribution in [0.3, 0.4) is 0 Å². The number of aliphatic hydroxyl groups is 3. The number of carbonyl (C=O) groups excluding carboxylic acids is 1. The molecule has 7 heteroatoms. The number of aliphatic hydroxyl groups excluding tert-OH is 1. The van der Waals surface area contributed by atoms with Crippen LogP contribution >= 0.6 is 0 Å². The minimum Gasteiger partial charge on any atom is -0.454 e. The third-order valence-corrected chi connectivity index (χ3v) is 3.76. The third kappa shape index (κ3) is 2.55. The fourth-order valence-corrected chi connectivity index (χ4v) is 2.60. The van der Waals surface area contributed by atoms with E-state index in [1.54, 1.807) is 0 Å². The second-order valence-electron chi connectivity index (χ2n) is 5.29. The zero-order chi connectivity index (χ0) is 15.0. The molecule has 0 spiro atoms. The molecule has 7 nitrogen and oxygen atoms in total. The summed E-state index contributed by atoms with van der Waals surface area (Å²) < 4.78 is 10.3. The Kier molecular flexibility index (Phi) is 3.48. The lowest BCUT2D eigenvalue weighted by Gasteiger charge is -2.34. The lowest BCUT2D eigenvalue weighted by atomic mass is 10.0. The molecule has 1 saturated heterocycles. The van der Waals surface area contributed by atoms with Crippen molar-refractivity contribution in [2.75, 3.05) is 19.9 Å². The van der Waals surface area contributed by atoms with Gasteiger partial charge in [-0.2, -0.15) is 0 Å². The number of β-amino-alcohol motifs (C(OH)–C–C–N with tert-alkyl or cyclic N) is 1. The lowest BCUT2D eigenvalue weighted by molar-refractivity contribution is -0.203. The molecule has 0 saturated carbocycles. The van der Waals surface area contributed by atoms with Gasteiger partial charge in [0, 0.05) is 18.7 Å². The maximum atomic E-state index is 12.3. The Morgan fingerprint density at radius 3 is 2.81 bits per heavy atom. The molecule has 114 valence electrons. The summed E-state index contributed by atoms with van der Waals surface area (Å²) in [5, 5.41) is 30.0. The van der Waals surface area contributed by atoms with Gasteiger partial charge in [0.15, 0.2) is 11.5 Å². The van der Waals surface area contributed by atoms with Crippen molar-refractivity contribution in [3.05, 3.63) is 23.8 Å². The van der Waals surface area contributed by atoms with Gasteiger partial charge in [0.25, 0.3) is 11.7 Å². The molecule has 2 heterocycles. The number of nitrogens with zero attached hydrogens (tertiary/aromatic N) is 1. The number of benzene rings is 1. The van der Waals surface area contributed by atoms with Crippen LogP contribution in [0.5, 0.6) is 11.5 Å². The molecule has 0 bridgehead atoms. The van der Waals surface area contributed by atoms with Crippen molar-refractivity contribution in [3.63, 3.8) is 0 Å². The van der Waals surface area contributed by atoms with Gasteiger partial charge in [-0.1, -0.05) is 0 Å². The summed E-state index contributed by atoms with van der Waals surface area (Å²) in [7, 11) is 0. The number of hydrogen-bond donors (Lipinski definition) is 3. The second-order valence-corrected chi connectivity index (χ2v) is 5.29. The normalized spacial score (nSPS) is 21.5. The fourth-order valence-electron chi connectivity index (χ4n) is 2.60. The lowest BCUT2D eigenvalue weighted by Crippen LogP contribution is -2.51. The van der Waals surface area contributed by atoms with Crippen molar-refractivity contribution < 1.29 is 29.6 Å². The van der Waals surface area contributed by atoms with Crippen molar-refractivity contribution in [3.8, 4) is 11.5 Å². The molecule has 1 fully saturated rings. The van der Waals surface area contributed by atoms with Gasteiger partial charge in [0.2, 0.25) is 6.79 Å². The van der Waals surface area contributed by atoms with E-state index in [4.69, 9.17) is 9.47 Å². The van der Waals surface area contributed by atoms with E-state index in [1.165, 1.54) is 23.1 Å². The first-order valence-electron chi connectivity index (χ1n) is 6.81. The van der Waals surface area contributed by atoms with E-state index in [0.717, 1.165) is 0 Å². The molecule has 21 heavy (non-hydrogen) atoms. The summed E-state index contributed by atoms with van der Waals surface area (Å²) in [6, 6.07) is 4.31. The first-order valence-corrected chi connectivity index (χ1v) is 6.81. The highest BCUT2D eigenvalue weighted by Gasteiger charge is 2.41. The Balaban J connectivity index is 1.83. The number of likely N-dealkylation sites (tertiary alicyclic amines) is 1. The highest BCUT2D eigenvalue weighted by molar-refractivity contribution is 5.85.